The van der Waals surface area contributed by atoms with Crippen LogP contribution in [0.2, 0.25) is 0 Å². The number of aromatic nitrogens is 3. The van der Waals surface area contributed by atoms with Crippen LogP contribution in [-0.2, 0) is 9.53 Å². The van der Waals surface area contributed by atoms with E-state index < -0.39 is 5.91 Å². The zero-order valence-electron chi connectivity index (χ0n) is 15.6. The number of rotatable bonds is 3. The number of ether oxygens (including phenoxy) is 1. The first kappa shape index (κ1) is 17.6. The Morgan fingerprint density at radius 2 is 2.03 bits per heavy atom. The van der Waals surface area contributed by atoms with Gasteiger partial charge in [0, 0.05) is 41.9 Å². The molecule has 2 amide bonds. The minimum absolute atomic E-state index is 0.161. The van der Waals surface area contributed by atoms with E-state index in [1.54, 1.807) is 0 Å². The van der Waals surface area contributed by atoms with E-state index in [0.717, 1.165) is 22.3 Å². The molecule has 3 aromatic rings. The Hall–Kier alpha value is -3.46. The summed E-state index contributed by atoms with van der Waals surface area (Å²) in [5, 5.41) is 10.5. The topological polar surface area (TPSA) is 126 Å². The number of primary amides is 1. The highest BCUT2D eigenvalue weighted by Crippen LogP contribution is 2.42. The molecule has 9 heteroatoms. The van der Waals surface area contributed by atoms with Gasteiger partial charge in [0.15, 0.2) is 5.82 Å². The van der Waals surface area contributed by atoms with Crippen LogP contribution < -0.4 is 16.0 Å². The van der Waals surface area contributed by atoms with Crippen LogP contribution in [0.1, 0.15) is 34.0 Å². The van der Waals surface area contributed by atoms with Crippen molar-refractivity contribution in [3.63, 3.8) is 0 Å². The number of anilines is 2. The van der Waals surface area contributed by atoms with E-state index in [-0.39, 0.29) is 23.9 Å². The first-order valence-corrected chi connectivity index (χ1v) is 9.52. The highest BCUT2D eigenvalue weighted by molar-refractivity contribution is 6.00. The smallest absolute Gasteiger partial charge is 0.267 e. The number of amides is 2. The van der Waals surface area contributed by atoms with Gasteiger partial charge in [0.2, 0.25) is 5.91 Å². The number of fused-ring (bicyclic) bond motifs is 2. The standard InChI is InChI=1S/C20H20N6O3/c21-18(28)17-16-12(10-15(27)23-19(16)25-24-17)13-9-11-3-1-2-4-14(11)22-20(13)26-5-7-29-8-6-26/h1-4,9,12H,5-8,10H2,(H2,21,28)(H2,23,24,25,27). The minimum Gasteiger partial charge on any atom is -0.378 e. The monoisotopic (exact) mass is 392 g/mol. The predicted molar refractivity (Wildman–Crippen MR) is 107 cm³/mol. The van der Waals surface area contributed by atoms with Gasteiger partial charge in [0.05, 0.1) is 18.7 Å². The Morgan fingerprint density at radius 1 is 1.24 bits per heavy atom. The molecular weight excluding hydrogens is 372 g/mol. The molecule has 0 bridgehead atoms. The molecule has 0 spiro atoms. The predicted octanol–water partition coefficient (Wildman–Crippen LogP) is 1.37. The summed E-state index contributed by atoms with van der Waals surface area (Å²) in [6, 6.07) is 9.91. The Morgan fingerprint density at radius 3 is 2.83 bits per heavy atom. The molecule has 4 heterocycles. The number of nitrogens with two attached hydrogens (primary N) is 1. The molecule has 4 N–H and O–H groups in total. The number of carbonyl (C=O) groups is 2. The van der Waals surface area contributed by atoms with E-state index >= 15 is 0 Å². The van der Waals surface area contributed by atoms with Crippen molar-refractivity contribution in [2.75, 3.05) is 36.5 Å². The summed E-state index contributed by atoms with van der Waals surface area (Å²) in [6.07, 6.45) is 0.185. The summed E-state index contributed by atoms with van der Waals surface area (Å²) in [5.41, 5.74) is 8.15. The van der Waals surface area contributed by atoms with Crippen molar-refractivity contribution in [3.05, 3.63) is 47.2 Å². The number of nitrogens with zero attached hydrogens (tertiary/aromatic N) is 3. The first-order chi connectivity index (χ1) is 14.1. The van der Waals surface area contributed by atoms with Crippen molar-refractivity contribution in [2.45, 2.75) is 12.3 Å². The average Bonchev–Trinajstić information content (AvgIpc) is 3.17. The number of benzene rings is 1. The van der Waals surface area contributed by atoms with Gasteiger partial charge in [-0.05, 0) is 12.1 Å². The van der Waals surface area contributed by atoms with Gasteiger partial charge in [-0.1, -0.05) is 18.2 Å². The van der Waals surface area contributed by atoms with Gasteiger partial charge in [-0.2, -0.15) is 5.10 Å². The number of aromatic amines is 1. The number of H-pyrrole nitrogens is 1. The Kier molecular flexibility index (Phi) is 4.17. The zero-order chi connectivity index (χ0) is 20.0. The maximum atomic E-state index is 12.4. The average molecular weight is 392 g/mol. The third-order valence-corrected chi connectivity index (χ3v) is 5.46. The van der Waals surface area contributed by atoms with E-state index in [9.17, 15) is 9.59 Å². The summed E-state index contributed by atoms with van der Waals surface area (Å²) in [5.74, 6) is -0.00182. The Labute approximate surface area is 166 Å². The second-order valence-corrected chi connectivity index (χ2v) is 7.22. The fourth-order valence-corrected chi connectivity index (χ4v) is 4.12. The lowest BCUT2D eigenvalue weighted by Gasteiger charge is -2.32. The molecular formula is C20H20N6O3. The van der Waals surface area contributed by atoms with E-state index in [1.165, 1.54) is 0 Å². The SMILES string of the molecule is NC(=O)c1[nH]nc2c1C(c1cc3ccccc3nc1N1CCOCC1)CC(=O)N2. The van der Waals surface area contributed by atoms with Crippen molar-refractivity contribution >= 4 is 34.4 Å². The third kappa shape index (κ3) is 2.99. The van der Waals surface area contributed by atoms with E-state index in [2.05, 4.69) is 26.5 Å². The number of morpholine rings is 1. The molecule has 1 aromatic carbocycles. The number of hydrogen-bond donors (Lipinski definition) is 3. The maximum absolute atomic E-state index is 12.4. The lowest BCUT2D eigenvalue weighted by molar-refractivity contribution is -0.116. The van der Waals surface area contributed by atoms with E-state index in [0.29, 0.717) is 37.7 Å². The number of carbonyl (C=O) groups excluding carboxylic acids is 2. The van der Waals surface area contributed by atoms with Crippen molar-refractivity contribution in [1.29, 1.82) is 0 Å². The van der Waals surface area contributed by atoms with E-state index in [1.807, 2.05) is 24.3 Å². The number of pyridine rings is 1. The van der Waals surface area contributed by atoms with Crippen LogP contribution in [0.5, 0.6) is 0 Å². The molecule has 2 aromatic heterocycles. The van der Waals surface area contributed by atoms with Crippen molar-refractivity contribution < 1.29 is 14.3 Å². The van der Waals surface area contributed by atoms with Gasteiger partial charge in [0.1, 0.15) is 11.5 Å². The largest absolute Gasteiger partial charge is 0.378 e. The van der Waals surface area contributed by atoms with Crippen molar-refractivity contribution in [1.82, 2.24) is 15.2 Å². The van der Waals surface area contributed by atoms with Crippen LogP contribution in [0, 0.1) is 0 Å². The van der Waals surface area contributed by atoms with Crippen molar-refractivity contribution in [3.8, 4) is 0 Å². The zero-order valence-corrected chi connectivity index (χ0v) is 15.6. The van der Waals surface area contributed by atoms with Gasteiger partial charge in [-0.3, -0.25) is 14.7 Å². The summed E-state index contributed by atoms with van der Waals surface area (Å²) in [7, 11) is 0. The number of para-hydroxylation sites is 1. The molecule has 1 fully saturated rings. The molecule has 1 atom stereocenters. The number of nitrogens with one attached hydrogen (secondary N) is 2. The van der Waals surface area contributed by atoms with Gasteiger partial charge < -0.3 is 20.7 Å². The van der Waals surface area contributed by atoms with Crippen LogP contribution in [0.15, 0.2) is 30.3 Å². The van der Waals surface area contributed by atoms with Crippen LogP contribution in [0.3, 0.4) is 0 Å². The second-order valence-electron chi connectivity index (χ2n) is 7.22. The fraction of sp³-hybridized carbons (Fsp3) is 0.300. The van der Waals surface area contributed by atoms with Crippen LogP contribution in [0.4, 0.5) is 11.6 Å². The maximum Gasteiger partial charge on any atom is 0.267 e. The summed E-state index contributed by atoms with van der Waals surface area (Å²) in [6.45, 7) is 2.64. The lowest BCUT2D eigenvalue weighted by atomic mass is 9.84. The van der Waals surface area contributed by atoms with Crippen LogP contribution in [0.25, 0.3) is 10.9 Å². The molecule has 1 saturated heterocycles. The molecule has 1 unspecified atom stereocenters. The molecule has 2 aliphatic heterocycles. The van der Waals surface area contributed by atoms with Gasteiger partial charge in [0.25, 0.3) is 5.91 Å². The minimum atomic E-state index is -0.610. The summed E-state index contributed by atoms with van der Waals surface area (Å²) < 4.78 is 5.50. The normalized spacial score (nSPS) is 19.1. The second kappa shape index (κ2) is 6.85. The first-order valence-electron chi connectivity index (χ1n) is 9.52. The Balaban J connectivity index is 1.73. The lowest BCUT2D eigenvalue weighted by Crippen LogP contribution is -2.38. The molecule has 148 valence electrons. The molecule has 9 nitrogen and oxygen atoms in total. The number of hydrogen-bond acceptors (Lipinski definition) is 6. The van der Waals surface area contributed by atoms with Gasteiger partial charge in [-0.15, -0.1) is 0 Å². The summed E-state index contributed by atoms with van der Waals surface area (Å²) in [4.78, 5) is 31.5. The third-order valence-electron chi connectivity index (χ3n) is 5.46. The molecule has 0 aliphatic carbocycles. The highest BCUT2D eigenvalue weighted by Gasteiger charge is 2.35. The molecule has 5 rings (SSSR count). The molecule has 2 aliphatic rings. The highest BCUT2D eigenvalue weighted by atomic mass is 16.5. The molecule has 29 heavy (non-hydrogen) atoms. The summed E-state index contributed by atoms with van der Waals surface area (Å²) >= 11 is 0. The van der Waals surface area contributed by atoms with Crippen molar-refractivity contribution in [2.24, 2.45) is 5.73 Å². The molecule has 0 radical (unpaired) electrons. The fourth-order valence-electron chi connectivity index (χ4n) is 4.12. The van der Waals surface area contributed by atoms with Crippen LogP contribution in [-0.4, -0.2) is 53.3 Å². The van der Waals surface area contributed by atoms with Crippen LogP contribution >= 0.6 is 0 Å². The Bertz CT molecular complexity index is 1120. The van der Waals surface area contributed by atoms with Gasteiger partial charge in [-0.25, -0.2) is 4.98 Å². The molecule has 0 saturated carbocycles. The van der Waals surface area contributed by atoms with E-state index in [4.69, 9.17) is 15.5 Å². The van der Waals surface area contributed by atoms with Gasteiger partial charge >= 0.3 is 0 Å². The quantitative estimate of drug-likeness (QED) is 0.618.